The van der Waals surface area contributed by atoms with E-state index in [2.05, 4.69) is 26.0 Å². The number of ether oxygens (including phenoxy) is 4. The maximum absolute atomic E-state index is 13.0. The molecule has 0 aromatic rings. The van der Waals surface area contributed by atoms with Crippen LogP contribution in [0.15, 0.2) is 12.2 Å². The highest BCUT2D eigenvalue weighted by Crippen LogP contribution is 2.20. The predicted molar refractivity (Wildman–Crippen MR) is 374 cm³/mol. The Hall–Kier alpha value is -1.97. The molecule has 87 heavy (non-hydrogen) atoms. The van der Waals surface area contributed by atoms with Crippen LogP contribution in [0.3, 0.4) is 0 Å². The molecule has 0 saturated heterocycles. The molecular weight excluding hydrogens is 1080 g/mol. The lowest BCUT2D eigenvalue weighted by molar-refractivity contribution is -0.870. The lowest BCUT2D eigenvalue weighted by atomic mass is 10.0. The zero-order valence-electron chi connectivity index (χ0n) is 59.2. The molecule has 0 amide bonds. The molecule has 0 bridgehead atoms. The van der Waals surface area contributed by atoms with E-state index in [1.54, 1.807) is 0 Å². The summed E-state index contributed by atoms with van der Waals surface area (Å²) < 4.78 is 23.0. The maximum atomic E-state index is 13.0. The summed E-state index contributed by atoms with van der Waals surface area (Å²) >= 11 is 0. The fourth-order valence-corrected chi connectivity index (χ4v) is 12.1. The Bertz CT molecular complexity index is 1430. The van der Waals surface area contributed by atoms with Gasteiger partial charge in [0.15, 0.2) is 6.10 Å². The van der Waals surface area contributed by atoms with E-state index in [4.69, 9.17) is 18.9 Å². The third-order valence-corrected chi connectivity index (χ3v) is 18.0. The largest absolute Gasteiger partial charge is 0.477 e. The van der Waals surface area contributed by atoms with Crippen molar-refractivity contribution in [1.82, 2.24) is 0 Å². The summed E-state index contributed by atoms with van der Waals surface area (Å²) in [5.41, 5.74) is 0. The molecule has 0 aromatic carbocycles. The van der Waals surface area contributed by atoms with Crippen LogP contribution in [0.4, 0.5) is 0 Å². The monoisotopic (exact) mass is 1230 g/mol. The normalized spacial score (nSPS) is 12.6. The van der Waals surface area contributed by atoms with Crippen molar-refractivity contribution in [2.75, 3.05) is 47.5 Å². The van der Waals surface area contributed by atoms with Crippen LogP contribution in [0, 0.1) is 0 Å². The highest BCUT2D eigenvalue weighted by atomic mass is 16.7. The van der Waals surface area contributed by atoms with E-state index in [1.807, 2.05) is 21.1 Å². The molecule has 9 nitrogen and oxygen atoms in total. The second-order valence-electron chi connectivity index (χ2n) is 28.0. The molecule has 2 unspecified atom stereocenters. The van der Waals surface area contributed by atoms with E-state index in [0.29, 0.717) is 17.4 Å². The minimum absolute atomic E-state index is 0.174. The first-order valence-corrected chi connectivity index (χ1v) is 38.9. The van der Waals surface area contributed by atoms with E-state index in [1.165, 1.54) is 347 Å². The average molecular weight is 1230 g/mol. The molecule has 0 aliphatic heterocycles. The first-order valence-electron chi connectivity index (χ1n) is 38.9. The molecular formula is C78H152NO8+. The number of quaternary nitrogens is 1. The number of esters is 2. The minimum atomic E-state index is -1.51. The molecule has 0 radical (unpaired) electrons. The van der Waals surface area contributed by atoms with Crippen molar-refractivity contribution in [2.24, 2.45) is 0 Å². The van der Waals surface area contributed by atoms with Crippen molar-refractivity contribution in [2.45, 2.75) is 424 Å². The van der Waals surface area contributed by atoms with Gasteiger partial charge in [0, 0.05) is 12.8 Å². The number of carboxylic acid groups (broad SMARTS) is 1. The Labute approximate surface area is 542 Å². The number of unbranched alkanes of at least 4 members (excludes halogenated alkanes) is 57. The number of carbonyl (C=O) groups is 3. The lowest BCUT2D eigenvalue weighted by Crippen LogP contribution is -2.40. The molecule has 0 aliphatic carbocycles. The van der Waals surface area contributed by atoms with Gasteiger partial charge in [-0.15, -0.1) is 0 Å². The number of carboxylic acids is 1. The van der Waals surface area contributed by atoms with Gasteiger partial charge in [-0.25, -0.2) is 4.79 Å². The maximum Gasteiger partial charge on any atom is 0.361 e. The molecule has 0 aliphatic rings. The Kier molecular flexibility index (Phi) is 68.3. The van der Waals surface area contributed by atoms with Gasteiger partial charge in [0.05, 0.1) is 34.4 Å². The molecule has 516 valence electrons. The van der Waals surface area contributed by atoms with Crippen LogP contribution in [0.25, 0.3) is 0 Å². The summed E-state index contributed by atoms with van der Waals surface area (Å²) in [6.45, 7) is 4.97. The van der Waals surface area contributed by atoms with Gasteiger partial charge < -0.3 is 28.5 Å². The smallest absolute Gasteiger partial charge is 0.361 e. The SMILES string of the molecule is CCCCCCCCCC/C=C\CCCCCCCCCCCCCCCCCC(=O)OC(COC(=O)CCCCCCCCCCCCCCCCCCCCCCCCCCCCCCCCCCCCC)COC(OCC[N+](C)(C)C)C(=O)O. The third kappa shape index (κ3) is 71.3. The number of hydrogen-bond donors (Lipinski definition) is 1. The highest BCUT2D eigenvalue weighted by Gasteiger charge is 2.25. The summed E-state index contributed by atoms with van der Waals surface area (Å²) in [6, 6.07) is 0. The van der Waals surface area contributed by atoms with E-state index < -0.39 is 18.4 Å². The first-order chi connectivity index (χ1) is 42.6. The van der Waals surface area contributed by atoms with E-state index in [9.17, 15) is 19.5 Å². The summed E-state index contributed by atoms with van der Waals surface area (Å²) in [7, 11) is 6.00. The molecule has 0 rings (SSSR count). The molecule has 0 heterocycles. The van der Waals surface area contributed by atoms with Crippen molar-refractivity contribution in [3.63, 3.8) is 0 Å². The van der Waals surface area contributed by atoms with Crippen LogP contribution in [-0.4, -0.2) is 87.4 Å². The molecule has 1 N–H and O–H groups in total. The van der Waals surface area contributed by atoms with Gasteiger partial charge in [-0.1, -0.05) is 373 Å². The third-order valence-electron chi connectivity index (χ3n) is 18.0. The van der Waals surface area contributed by atoms with E-state index >= 15 is 0 Å². The van der Waals surface area contributed by atoms with Crippen LogP contribution < -0.4 is 0 Å². The molecule has 0 fully saturated rings. The fraction of sp³-hybridized carbons (Fsp3) is 0.936. The minimum Gasteiger partial charge on any atom is -0.477 e. The second-order valence-corrected chi connectivity index (χ2v) is 28.0. The topological polar surface area (TPSA) is 108 Å². The predicted octanol–water partition coefficient (Wildman–Crippen LogP) is 24.4. The quantitative estimate of drug-likeness (QED) is 0.0211. The Morgan fingerprint density at radius 3 is 0.851 bits per heavy atom. The Balaban J connectivity index is 3.97. The standard InChI is InChI=1S/C78H151NO8/c1-6-8-10-12-14-16-18-20-22-24-26-28-30-32-34-35-36-37-38-39-40-41-43-44-46-48-50-52-54-56-58-60-62-64-66-68-75(80)85-72-74(73-86-78(77(82)83)84-71-70-79(3,4)5)87-76(81)69-67-65-63-61-59-57-55-53-51-49-47-45-42-33-31-29-27-25-23-21-19-17-15-13-11-9-7-2/h25,27,74,78H,6-24,26,28-73H2,1-5H3/p+1/b27-25-. The van der Waals surface area contributed by atoms with E-state index in [-0.39, 0.29) is 38.2 Å². The Morgan fingerprint density at radius 2 is 0.586 bits per heavy atom. The van der Waals surface area contributed by atoms with Gasteiger partial charge in [-0.05, 0) is 38.5 Å². The lowest BCUT2D eigenvalue weighted by Gasteiger charge is -2.25. The van der Waals surface area contributed by atoms with Crippen LogP contribution in [-0.2, 0) is 33.3 Å². The number of likely N-dealkylation sites (N-methyl/N-ethyl adjacent to an activating group) is 1. The van der Waals surface area contributed by atoms with Crippen LogP contribution in [0.5, 0.6) is 0 Å². The summed E-state index contributed by atoms with van der Waals surface area (Å²) in [5, 5.41) is 9.76. The average Bonchev–Trinajstić information content (AvgIpc) is 3.56. The Morgan fingerprint density at radius 1 is 0.333 bits per heavy atom. The van der Waals surface area contributed by atoms with Crippen molar-refractivity contribution < 1.29 is 42.9 Å². The summed E-state index contributed by atoms with van der Waals surface area (Å²) in [4.78, 5) is 37.7. The van der Waals surface area contributed by atoms with Crippen LogP contribution in [0.1, 0.15) is 412 Å². The van der Waals surface area contributed by atoms with Gasteiger partial charge in [0.1, 0.15) is 13.2 Å². The number of aliphatic carboxylic acids is 1. The highest BCUT2D eigenvalue weighted by molar-refractivity contribution is 5.71. The zero-order valence-corrected chi connectivity index (χ0v) is 59.2. The van der Waals surface area contributed by atoms with Crippen LogP contribution >= 0.6 is 0 Å². The fourth-order valence-electron chi connectivity index (χ4n) is 12.1. The first kappa shape index (κ1) is 85.0. The number of carbonyl (C=O) groups excluding carboxylic acids is 2. The molecule has 0 aromatic heterocycles. The van der Waals surface area contributed by atoms with Gasteiger partial charge in [-0.2, -0.15) is 0 Å². The summed E-state index contributed by atoms with van der Waals surface area (Å²) in [6.07, 6.45) is 83.7. The van der Waals surface area contributed by atoms with Crippen molar-refractivity contribution in [1.29, 1.82) is 0 Å². The van der Waals surface area contributed by atoms with Crippen molar-refractivity contribution in [3.05, 3.63) is 12.2 Å². The van der Waals surface area contributed by atoms with Gasteiger partial charge in [-0.3, -0.25) is 9.59 Å². The molecule has 0 saturated carbocycles. The molecule has 9 heteroatoms. The van der Waals surface area contributed by atoms with Crippen molar-refractivity contribution in [3.8, 4) is 0 Å². The molecule has 2 atom stereocenters. The number of allylic oxidation sites excluding steroid dienone is 2. The number of nitrogens with zero attached hydrogens (tertiary/aromatic N) is 1. The van der Waals surface area contributed by atoms with Gasteiger partial charge in [0.25, 0.3) is 6.29 Å². The summed E-state index contributed by atoms with van der Waals surface area (Å²) in [5.74, 6) is -1.97. The van der Waals surface area contributed by atoms with E-state index in [0.717, 1.165) is 38.5 Å². The molecule has 0 spiro atoms. The number of hydrogen-bond acceptors (Lipinski definition) is 7. The van der Waals surface area contributed by atoms with Gasteiger partial charge >= 0.3 is 17.9 Å². The van der Waals surface area contributed by atoms with Crippen molar-refractivity contribution >= 4 is 17.9 Å². The van der Waals surface area contributed by atoms with Crippen LogP contribution in [0.2, 0.25) is 0 Å². The zero-order chi connectivity index (χ0) is 63.3. The van der Waals surface area contributed by atoms with Gasteiger partial charge in [0.2, 0.25) is 0 Å². The number of rotatable bonds is 74. The second kappa shape index (κ2) is 69.9.